The first-order chi connectivity index (χ1) is 19.3. The van der Waals surface area contributed by atoms with Gasteiger partial charge in [0, 0.05) is 37.5 Å². The van der Waals surface area contributed by atoms with Gasteiger partial charge in [-0.3, -0.25) is 4.90 Å². The summed E-state index contributed by atoms with van der Waals surface area (Å²) in [5.41, 5.74) is 3.01. The Hall–Kier alpha value is -5.00. The lowest BCUT2D eigenvalue weighted by atomic mass is 10.1. The van der Waals surface area contributed by atoms with Gasteiger partial charge >= 0.3 is 0 Å². The summed E-state index contributed by atoms with van der Waals surface area (Å²) < 4.78 is 8.57. The normalized spacial score (nSPS) is 11.1. The monoisotopic (exact) mass is 521 g/mol. The molecule has 7 rings (SSSR count). The van der Waals surface area contributed by atoms with Crippen LogP contribution in [-0.4, -0.2) is 9.97 Å². The van der Waals surface area contributed by atoms with Gasteiger partial charge in [-0.15, -0.1) is 11.3 Å². The molecule has 3 heterocycles. The number of benzene rings is 4. The van der Waals surface area contributed by atoms with Crippen LogP contribution < -0.4 is 9.64 Å². The lowest BCUT2D eigenvalue weighted by molar-refractivity contribution is 0.463. The zero-order valence-electron chi connectivity index (χ0n) is 20.9. The van der Waals surface area contributed by atoms with E-state index in [-0.39, 0.29) is 0 Å². The van der Waals surface area contributed by atoms with Crippen molar-refractivity contribution in [2.24, 2.45) is 0 Å². The highest BCUT2D eigenvalue weighted by atomic mass is 32.1. The molecule has 0 aliphatic carbocycles. The Morgan fingerprint density at radius 1 is 0.538 bits per heavy atom. The van der Waals surface area contributed by atoms with Crippen LogP contribution in [0.1, 0.15) is 0 Å². The summed E-state index contributed by atoms with van der Waals surface area (Å²) in [4.78, 5) is 12.1. The number of ether oxygens (including phenoxy) is 1. The van der Waals surface area contributed by atoms with E-state index < -0.39 is 0 Å². The first kappa shape index (κ1) is 23.1. The average molecular weight is 522 g/mol. The zero-order chi connectivity index (χ0) is 26.0. The number of fused-ring (bicyclic) bond motifs is 3. The van der Waals surface area contributed by atoms with E-state index in [1.165, 1.54) is 20.2 Å². The first-order valence-electron chi connectivity index (χ1n) is 12.8. The molecule has 0 radical (unpaired) electrons. The fraction of sp³-hybridized carbons (Fsp3) is 0. The largest absolute Gasteiger partial charge is 0.439 e. The molecular formula is C34H23N3OS. The molecule has 4 nitrogen and oxygen atoms in total. The molecule has 186 valence electrons. The van der Waals surface area contributed by atoms with Gasteiger partial charge < -0.3 is 4.74 Å². The topological polar surface area (TPSA) is 38.2 Å². The number of nitrogens with zero attached hydrogens (tertiary/aromatic N) is 3. The van der Waals surface area contributed by atoms with Crippen LogP contribution in [0.4, 0.5) is 17.3 Å². The zero-order valence-corrected chi connectivity index (χ0v) is 21.8. The van der Waals surface area contributed by atoms with Crippen LogP contribution in [0, 0.1) is 0 Å². The predicted octanol–water partition coefficient (Wildman–Crippen LogP) is 9.77. The van der Waals surface area contributed by atoms with Gasteiger partial charge in [-0.1, -0.05) is 84.9 Å². The predicted molar refractivity (Wildman–Crippen MR) is 162 cm³/mol. The highest BCUT2D eigenvalue weighted by Gasteiger charge is 2.18. The molecule has 0 amide bonds. The minimum Gasteiger partial charge on any atom is -0.439 e. The molecular weight excluding hydrogens is 498 g/mol. The average Bonchev–Trinajstić information content (AvgIpc) is 3.38. The van der Waals surface area contributed by atoms with Crippen molar-refractivity contribution in [3.8, 4) is 22.9 Å². The van der Waals surface area contributed by atoms with E-state index >= 15 is 0 Å². The van der Waals surface area contributed by atoms with Gasteiger partial charge in [-0.2, -0.15) is 4.98 Å². The lowest BCUT2D eigenvalue weighted by Gasteiger charge is -2.24. The molecule has 0 spiro atoms. The summed E-state index contributed by atoms with van der Waals surface area (Å²) in [5.74, 6) is 2.76. The summed E-state index contributed by atoms with van der Waals surface area (Å²) in [6.45, 7) is 0. The fourth-order valence-electron chi connectivity index (χ4n) is 4.80. The van der Waals surface area contributed by atoms with E-state index in [4.69, 9.17) is 14.7 Å². The molecule has 0 saturated heterocycles. The summed E-state index contributed by atoms with van der Waals surface area (Å²) in [6.07, 6.45) is 0. The molecule has 0 saturated carbocycles. The molecule has 0 fully saturated rings. The van der Waals surface area contributed by atoms with E-state index in [1.54, 1.807) is 0 Å². The van der Waals surface area contributed by atoms with Gasteiger partial charge in [0.2, 0.25) is 5.88 Å². The first-order valence-corrected chi connectivity index (χ1v) is 13.6. The maximum atomic E-state index is 6.05. The number of aromatic nitrogens is 2. The van der Waals surface area contributed by atoms with Crippen molar-refractivity contribution in [2.45, 2.75) is 0 Å². The van der Waals surface area contributed by atoms with E-state index in [2.05, 4.69) is 71.6 Å². The van der Waals surface area contributed by atoms with E-state index in [9.17, 15) is 0 Å². The van der Waals surface area contributed by atoms with Crippen LogP contribution in [-0.2, 0) is 0 Å². The SMILES string of the molecule is c1ccc(Oc2cccc(N(c3ccccc3)c3cccc(-c4cccc5c4sc4ccccc45)n3)n2)cc1. The fourth-order valence-corrected chi connectivity index (χ4v) is 6.03. The third-order valence-electron chi connectivity index (χ3n) is 6.56. The van der Waals surface area contributed by atoms with Gasteiger partial charge in [0.1, 0.15) is 17.4 Å². The molecule has 39 heavy (non-hydrogen) atoms. The van der Waals surface area contributed by atoms with Crippen molar-refractivity contribution in [1.82, 2.24) is 9.97 Å². The molecule has 0 atom stereocenters. The van der Waals surface area contributed by atoms with Gasteiger partial charge in [0.05, 0.1) is 5.69 Å². The Bertz CT molecular complexity index is 1900. The maximum absolute atomic E-state index is 6.05. The number of pyridine rings is 2. The van der Waals surface area contributed by atoms with E-state index in [0.717, 1.165) is 34.3 Å². The Morgan fingerprint density at radius 2 is 1.21 bits per heavy atom. The highest BCUT2D eigenvalue weighted by molar-refractivity contribution is 7.26. The second kappa shape index (κ2) is 10.0. The Labute approximate surface area is 230 Å². The number of hydrogen-bond donors (Lipinski definition) is 0. The Kier molecular flexibility index (Phi) is 5.96. The molecule has 0 aliphatic rings. The quantitative estimate of drug-likeness (QED) is 0.218. The second-order valence-corrected chi connectivity index (χ2v) is 10.1. The van der Waals surface area contributed by atoms with Crippen molar-refractivity contribution in [3.05, 3.63) is 140 Å². The standard InChI is InChI=1S/C34H23N3OS/c1-3-12-24(13-4-1)37(32-22-11-23-33(36-32)38-25-14-5-2-6-15-25)31-21-10-19-29(35-31)28-18-9-17-27-26-16-7-8-20-30(26)39-34(27)28/h1-23H. The number of rotatable bonds is 6. The van der Waals surface area contributed by atoms with Crippen LogP contribution in [0.3, 0.4) is 0 Å². The Morgan fingerprint density at radius 3 is 2.05 bits per heavy atom. The third kappa shape index (κ3) is 4.49. The molecule has 0 N–H and O–H groups in total. The molecule has 0 aliphatic heterocycles. The molecule has 3 aromatic heterocycles. The maximum Gasteiger partial charge on any atom is 0.221 e. The van der Waals surface area contributed by atoms with Crippen LogP contribution >= 0.6 is 11.3 Å². The van der Waals surface area contributed by atoms with E-state index in [0.29, 0.717) is 5.88 Å². The summed E-state index contributed by atoms with van der Waals surface area (Å²) in [5, 5.41) is 2.54. The summed E-state index contributed by atoms with van der Waals surface area (Å²) in [6, 6.07) is 46.9. The van der Waals surface area contributed by atoms with Crippen LogP contribution in [0.2, 0.25) is 0 Å². The van der Waals surface area contributed by atoms with Crippen LogP contribution in [0.15, 0.2) is 140 Å². The lowest BCUT2D eigenvalue weighted by Crippen LogP contribution is -2.13. The molecule has 7 aromatic rings. The minimum absolute atomic E-state index is 0.519. The van der Waals surface area contributed by atoms with E-state index in [1.807, 2.05) is 84.1 Å². The van der Waals surface area contributed by atoms with Gasteiger partial charge in [0.25, 0.3) is 0 Å². The highest BCUT2D eigenvalue weighted by Crippen LogP contribution is 2.40. The minimum atomic E-state index is 0.519. The second-order valence-electron chi connectivity index (χ2n) is 9.08. The van der Waals surface area contributed by atoms with Gasteiger partial charge in [-0.05, 0) is 48.5 Å². The smallest absolute Gasteiger partial charge is 0.221 e. The molecule has 5 heteroatoms. The number of anilines is 3. The van der Waals surface area contributed by atoms with Gasteiger partial charge in [0.15, 0.2) is 0 Å². The van der Waals surface area contributed by atoms with Crippen molar-refractivity contribution in [1.29, 1.82) is 0 Å². The number of para-hydroxylation sites is 2. The van der Waals surface area contributed by atoms with Crippen molar-refractivity contribution < 1.29 is 4.74 Å². The number of hydrogen-bond acceptors (Lipinski definition) is 5. The van der Waals surface area contributed by atoms with Crippen molar-refractivity contribution >= 4 is 48.8 Å². The Balaban J connectivity index is 1.34. The van der Waals surface area contributed by atoms with Crippen molar-refractivity contribution in [3.63, 3.8) is 0 Å². The summed E-state index contributed by atoms with van der Waals surface area (Å²) >= 11 is 1.81. The number of thiophene rings is 1. The molecule has 0 bridgehead atoms. The summed E-state index contributed by atoms with van der Waals surface area (Å²) in [7, 11) is 0. The van der Waals surface area contributed by atoms with Crippen LogP contribution in [0.25, 0.3) is 31.4 Å². The molecule has 0 unspecified atom stereocenters. The molecule has 4 aromatic carbocycles. The van der Waals surface area contributed by atoms with Gasteiger partial charge in [-0.25, -0.2) is 4.98 Å². The van der Waals surface area contributed by atoms with Crippen molar-refractivity contribution in [2.75, 3.05) is 4.90 Å². The van der Waals surface area contributed by atoms with Crippen LogP contribution in [0.5, 0.6) is 11.6 Å². The third-order valence-corrected chi connectivity index (χ3v) is 7.78.